The van der Waals surface area contributed by atoms with Crippen LogP contribution in [-0.2, 0) is 0 Å². The van der Waals surface area contributed by atoms with Gasteiger partial charge in [-0.05, 0) is 18.6 Å². The van der Waals surface area contributed by atoms with Gasteiger partial charge in [0.2, 0.25) is 0 Å². The third-order valence-corrected chi connectivity index (χ3v) is 3.13. The predicted octanol–water partition coefficient (Wildman–Crippen LogP) is 1.05. The van der Waals surface area contributed by atoms with Crippen LogP contribution in [0, 0.1) is 0 Å². The highest BCUT2D eigenvalue weighted by atomic mass is 16.3. The van der Waals surface area contributed by atoms with Crippen molar-refractivity contribution < 1.29 is 5.11 Å². The van der Waals surface area contributed by atoms with Crippen LogP contribution in [0.5, 0.6) is 0 Å². The number of rotatable bonds is 0. The molecular formula is C11H14N2O. The Hall–Kier alpha value is -1.22. The number of nitrogens with zero attached hydrogens (tertiary/aromatic N) is 1. The van der Waals surface area contributed by atoms with Gasteiger partial charge in [0.25, 0.3) is 0 Å². The summed E-state index contributed by atoms with van der Waals surface area (Å²) in [4.78, 5) is 2.32. The van der Waals surface area contributed by atoms with Gasteiger partial charge in [0, 0.05) is 19.1 Å². The number of hydrogen-bond donors (Lipinski definition) is 2. The van der Waals surface area contributed by atoms with Crippen molar-refractivity contribution in [1.29, 1.82) is 0 Å². The summed E-state index contributed by atoms with van der Waals surface area (Å²) in [5.41, 5.74) is 2.43. The smallest absolute Gasteiger partial charge is 0.0735 e. The Bertz CT molecular complexity index is 353. The lowest BCUT2D eigenvalue weighted by atomic mass is 10.1. The Kier molecular flexibility index (Phi) is 1.67. The molecule has 14 heavy (non-hydrogen) atoms. The monoisotopic (exact) mass is 190 g/mol. The molecule has 0 unspecified atom stereocenters. The van der Waals surface area contributed by atoms with Crippen molar-refractivity contribution in [2.24, 2.45) is 0 Å². The number of aliphatic hydroxyl groups is 1. The summed E-state index contributed by atoms with van der Waals surface area (Å²) in [6, 6.07) is 8.77. The van der Waals surface area contributed by atoms with Crippen molar-refractivity contribution in [2.45, 2.75) is 18.6 Å². The number of hydrogen-bond acceptors (Lipinski definition) is 3. The van der Waals surface area contributed by atoms with Crippen molar-refractivity contribution in [1.82, 2.24) is 0 Å². The zero-order valence-electron chi connectivity index (χ0n) is 7.98. The molecule has 2 N–H and O–H groups in total. The Morgan fingerprint density at radius 3 is 3.14 bits per heavy atom. The Balaban J connectivity index is 2.01. The normalized spacial score (nSPS) is 29.4. The fraction of sp³-hybridized carbons (Fsp3) is 0.455. The lowest BCUT2D eigenvalue weighted by Crippen LogP contribution is -2.39. The first kappa shape index (κ1) is 8.12. The Morgan fingerprint density at radius 1 is 1.36 bits per heavy atom. The molecular weight excluding hydrogens is 176 g/mol. The average molecular weight is 190 g/mol. The van der Waals surface area contributed by atoms with Crippen LogP contribution in [0.4, 0.5) is 11.4 Å². The molecule has 2 atom stereocenters. The molecule has 0 radical (unpaired) electrons. The molecule has 0 saturated carbocycles. The minimum absolute atomic E-state index is 0.159. The van der Waals surface area contributed by atoms with E-state index in [4.69, 9.17) is 0 Å². The summed E-state index contributed by atoms with van der Waals surface area (Å²) in [7, 11) is 0. The van der Waals surface area contributed by atoms with Crippen LogP contribution in [0.2, 0.25) is 0 Å². The highest BCUT2D eigenvalue weighted by Crippen LogP contribution is 2.35. The second-order valence-corrected chi connectivity index (χ2v) is 4.09. The first-order chi connectivity index (χ1) is 6.84. The molecule has 1 aromatic rings. The number of para-hydroxylation sites is 2. The van der Waals surface area contributed by atoms with Gasteiger partial charge < -0.3 is 15.3 Å². The molecule has 2 aliphatic heterocycles. The molecule has 3 heteroatoms. The van der Waals surface area contributed by atoms with Crippen molar-refractivity contribution in [3.63, 3.8) is 0 Å². The third kappa shape index (κ3) is 1.09. The number of benzene rings is 1. The summed E-state index contributed by atoms with van der Waals surface area (Å²) < 4.78 is 0. The van der Waals surface area contributed by atoms with Gasteiger partial charge in [-0.2, -0.15) is 0 Å². The SMILES string of the molecule is O[C@@H]1C[C@@H]2CNc3ccccc3N2C1. The number of fused-ring (bicyclic) bond motifs is 3. The summed E-state index contributed by atoms with van der Waals surface area (Å²) in [5.74, 6) is 0. The van der Waals surface area contributed by atoms with E-state index >= 15 is 0 Å². The standard InChI is InChI=1S/C11H14N2O/c14-9-5-8-6-12-10-3-1-2-4-11(10)13(8)7-9/h1-4,8-9,12,14H,5-7H2/t8-,9-/m1/s1. The molecule has 3 nitrogen and oxygen atoms in total. The summed E-state index contributed by atoms with van der Waals surface area (Å²) in [6.45, 7) is 1.73. The second kappa shape index (κ2) is 2.89. The van der Waals surface area contributed by atoms with E-state index in [1.165, 1.54) is 11.4 Å². The van der Waals surface area contributed by atoms with E-state index < -0.39 is 0 Å². The third-order valence-electron chi connectivity index (χ3n) is 3.13. The Labute approximate surface area is 83.3 Å². The maximum Gasteiger partial charge on any atom is 0.0735 e. The second-order valence-electron chi connectivity index (χ2n) is 4.09. The molecule has 1 aromatic carbocycles. The van der Waals surface area contributed by atoms with Crippen molar-refractivity contribution in [3.8, 4) is 0 Å². The molecule has 1 saturated heterocycles. The zero-order valence-corrected chi connectivity index (χ0v) is 7.98. The first-order valence-corrected chi connectivity index (χ1v) is 5.12. The molecule has 0 aromatic heterocycles. The van der Waals surface area contributed by atoms with Crippen LogP contribution in [-0.4, -0.2) is 30.3 Å². The van der Waals surface area contributed by atoms with Gasteiger partial charge in [0.1, 0.15) is 0 Å². The fourth-order valence-corrected chi connectivity index (χ4v) is 2.48. The zero-order chi connectivity index (χ0) is 9.54. The van der Waals surface area contributed by atoms with Gasteiger partial charge in [-0.1, -0.05) is 12.1 Å². The first-order valence-electron chi connectivity index (χ1n) is 5.12. The topological polar surface area (TPSA) is 35.5 Å². The number of anilines is 2. The van der Waals surface area contributed by atoms with E-state index in [0.29, 0.717) is 6.04 Å². The van der Waals surface area contributed by atoms with Crippen molar-refractivity contribution in [2.75, 3.05) is 23.3 Å². The van der Waals surface area contributed by atoms with Crippen LogP contribution >= 0.6 is 0 Å². The fourth-order valence-electron chi connectivity index (χ4n) is 2.48. The van der Waals surface area contributed by atoms with E-state index in [1.54, 1.807) is 0 Å². The van der Waals surface area contributed by atoms with E-state index in [1.807, 2.05) is 12.1 Å². The predicted molar refractivity (Wildman–Crippen MR) is 56.7 cm³/mol. The van der Waals surface area contributed by atoms with Gasteiger partial charge in [-0.25, -0.2) is 0 Å². The highest BCUT2D eigenvalue weighted by Gasteiger charge is 2.34. The van der Waals surface area contributed by atoms with E-state index in [0.717, 1.165) is 19.5 Å². The largest absolute Gasteiger partial charge is 0.391 e. The van der Waals surface area contributed by atoms with Gasteiger partial charge in [0.05, 0.1) is 17.5 Å². The van der Waals surface area contributed by atoms with Gasteiger partial charge >= 0.3 is 0 Å². The summed E-state index contributed by atoms with van der Waals surface area (Å²) >= 11 is 0. The quantitative estimate of drug-likeness (QED) is 0.642. The maximum absolute atomic E-state index is 9.62. The van der Waals surface area contributed by atoms with Crippen LogP contribution in [0.15, 0.2) is 24.3 Å². The molecule has 0 spiro atoms. The van der Waals surface area contributed by atoms with Crippen LogP contribution in [0.3, 0.4) is 0 Å². The van der Waals surface area contributed by atoms with Crippen LogP contribution in [0.1, 0.15) is 6.42 Å². The van der Waals surface area contributed by atoms with E-state index in [2.05, 4.69) is 22.3 Å². The molecule has 2 aliphatic rings. The molecule has 2 heterocycles. The molecule has 3 rings (SSSR count). The highest BCUT2D eigenvalue weighted by molar-refractivity contribution is 5.73. The molecule has 74 valence electrons. The van der Waals surface area contributed by atoms with Crippen molar-refractivity contribution in [3.05, 3.63) is 24.3 Å². The van der Waals surface area contributed by atoms with E-state index in [9.17, 15) is 5.11 Å². The van der Waals surface area contributed by atoms with Gasteiger partial charge in [-0.15, -0.1) is 0 Å². The lowest BCUT2D eigenvalue weighted by Gasteiger charge is -2.34. The summed E-state index contributed by atoms with van der Waals surface area (Å²) in [5, 5.41) is 13.0. The molecule has 0 amide bonds. The molecule has 0 bridgehead atoms. The van der Waals surface area contributed by atoms with Gasteiger partial charge in [0.15, 0.2) is 0 Å². The Morgan fingerprint density at radius 2 is 2.21 bits per heavy atom. The van der Waals surface area contributed by atoms with Crippen LogP contribution in [0.25, 0.3) is 0 Å². The number of aliphatic hydroxyl groups excluding tert-OH is 1. The minimum atomic E-state index is -0.159. The number of nitrogens with one attached hydrogen (secondary N) is 1. The lowest BCUT2D eigenvalue weighted by molar-refractivity contribution is 0.195. The summed E-state index contributed by atoms with van der Waals surface area (Å²) in [6.07, 6.45) is 0.731. The van der Waals surface area contributed by atoms with E-state index in [-0.39, 0.29) is 6.10 Å². The molecule has 1 fully saturated rings. The van der Waals surface area contributed by atoms with Crippen molar-refractivity contribution >= 4 is 11.4 Å². The van der Waals surface area contributed by atoms with Crippen LogP contribution < -0.4 is 10.2 Å². The molecule has 0 aliphatic carbocycles. The average Bonchev–Trinajstić information content (AvgIpc) is 2.59. The maximum atomic E-state index is 9.62. The van der Waals surface area contributed by atoms with Gasteiger partial charge in [-0.3, -0.25) is 0 Å². The minimum Gasteiger partial charge on any atom is -0.391 e.